The van der Waals surface area contributed by atoms with Crippen molar-refractivity contribution >= 4 is 7.94 Å². The van der Waals surface area contributed by atoms with E-state index >= 15 is 0 Å². The first-order valence-corrected chi connectivity index (χ1v) is 6.01. The van der Waals surface area contributed by atoms with Crippen molar-refractivity contribution in [2.24, 2.45) is 0 Å². The van der Waals surface area contributed by atoms with Gasteiger partial charge in [0.05, 0.1) is 0 Å². The van der Waals surface area contributed by atoms with Crippen LogP contribution >= 0.6 is 7.94 Å². The van der Waals surface area contributed by atoms with Crippen LogP contribution in [-0.4, -0.2) is 16.5 Å². The van der Waals surface area contributed by atoms with Gasteiger partial charge >= 0.3 is 71.4 Å². The van der Waals surface area contributed by atoms with Crippen molar-refractivity contribution in [2.75, 3.05) is 6.66 Å². The van der Waals surface area contributed by atoms with Gasteiger partial charge in [0.2, 0.25) is 0 Å². The van der Waals surface area contributed by atoms with Crippen LogP contribution in [0.4, 0.5) is 0 Å². The van der Waals surface area contributed by atoms with E-state index in [1.807, 2.05) is 30.3 Å². The first-order chi connectivity index (χ1) is 5.58. The molecule has 0 saturated heterocycles. The average molecular weight is 188 g/mol. The molecule has 1 aromatic rings. The minimum atomic E-state index is -3.34. The topological polar surface area (TPSA) is 49.7 Å². The fourth-order valence-corrected chi connectivity index (χ4v) is 1.23. The molecule has 1 aromatic carbocycles. The van der Waals surface area contributed by atoms with Crippen LogP contribution in [0.5, 0.6) is 0 Å². The van der Waals surface area contributed by atoms with Gasteiger partial charge in [0.15, 0.2) is 0 Å². The molecule has 0 fully saturated rings. The Morgan fingerprint density at radius 1 is 1.25 bits per heavy atom. The second-order valence-electron chi connectivity index (χ2n) is 2.71. The van der Waals surface area contributed by atoms with Crippen LogP contribution in [0.15, 0.2) is 30.3 Å². The number of rotatable bonds is 3. The number of hydrogen-bond donors (Lipinski definition) is 2. The summed E-state index contributed by atoms with van der Waals surface area (Å²) in [5.74, 6) is 0. The van der Waals surface area contributed by atoms with Gasteiger partial charge in [-0.25, -0.2) is 0 Å². The van der Waals surface area contributed by atoms with E-state index in [2.05, 4.69) is 0 Å². The predicted octanol–water partition coefficient (Wildman–Crippen LogP) is 1.31. The van der Waals surface area contributed by atoms with Crippen molar-refractivity contribution in [2.45, 2.75) is 6.61 Å². The molecule has 3 nitrogen and oxygen atoms in total. The Kier molecular flexibility index (Phi) is 3.18. The molecule has 0 aliphatic heterocycles. The van der Waals surface area contributed by atoms with Crippen molar-refractivity contribution in [3.05, 3.63) is 35.9 Å². The molecular weight excluding hydrogens is 175 g/mol. The van der Waals surface area contributed by atoms with E-state index in [1.165, 1.54) is 6.66 Å². The molecule has 12 heavy (non-hydrogen) atoms. The quantitative estimate of drug-likeness (QED) is 0.703. The molecule has 0 amide bonds. The van der Waals surface area contributed by atoms with Crippen LogP contribution in [-0.2, 0) is 11.1 Å². The third-order valence-electron chi connectivity index (χ3n) is 1.36. The van der Waals surface area contributed by atoms with Crippen LogP contribution in [0.1, 0.15) is 5.56 Å². The van der Waals surface area contributed by atoms with Gasteiger partial charge in [-0.2, -0.15) is 0 Å². The maximum atomic E-state index is 8.95. The van der Waals surface area contributed by atoms with Crippen molar-refractivity contribution in [1.82, 2.24) is 0 Å². The monoisotopic (exact) mass is 188 g/mol. The van der Waals surface area contributed by atoms with E-state index in [-0.39, 0.29) is 6.61 Å². The van der Waals surface area contributed by atoms with Crippen molar-refractivity contribution in [3.63, 3.8) is 0 Å². The van der Waals surface area contributed by atoms with E-state index in [0.717, 1.165) is 5.56 Å². The van der Waals surface area contributed by atoms with Gasteiger partial charge in [0, 0.05) is 0 Å². The molecule has 0 spiro atoms. The Labute approximate surface area is 72.2 Å². The van der Waals surface area contributed by atoms with E-state index in [0.29, 0.717) is 0 Å². The van der Waals surface area contributed by atoms with Gasteiger partial charge < -0.3 is 0 Å². The van der Waals surface area contributed by atoms with Crippen LogP contribution in [0.3, 0.4) is 0 Å². The Balaban J connectivity index is 2.44. The summed E-state index contributed by atoms with van der Waals surface area (Å²) in [5, 5.41) is 0. The second kappa shape index (κ2) is 3.97. The molecule has 1 rings (SSSR count). The van der Waals surface area contributed by atoms with Gasteiger partial charge in [-0.3, -0.25) is 0 Å². The predicted molar refractivity (Wildman–Crippen MR) is 49.9 cm³/mol. The van der Waals surface area contributed by atoms with E-state index in [1.54, 1.807) is 0 Å². The zero-order chi connectivity index (χ0) is 9.03. The SMILES string of the molecule is C[PH](O)(O)OCc1ccccc1. The standard InChI is InChI=1S/C8H13O3P/c1-12(9,10)11-7-8-5-3-2-4-6-8/h2-6,9-10,12H,7H2,1H3. The van der Waals surface area contributed by atoms with Gasteiger partial charge in [0.1, 0.15) is 0 Å². The van der Waals surface area contributed by atoms with Crippen molar-refractivity contribution < 1.29 is 14.3 Å². The third-order valence-corrected chi connectivity index (χ3v) is 2.05. The Hall–Kier alpha value is -0.470. The normalized spacial score (nSPS) is 12.9. The summed E-state index contributed by atoms with van der Waals surface area (Å²) in [6, 6.07) is 9.41. The zero-order valence-corrected chi connectivity index (χ0v) is 7.90. The van der Waals surface area contributed by atoms with E-state index in [4.69, 9.17) is 14.3 Å². The van der Waals surface area contributed by atoms with Crippen LogP contribution < -0.4 is 0 Å². The summed E-state index contributed by atoms with van der Waals surface area (Å²) in [6.07, 6.45) is 0. The molecule has 0 radical (unpaired) electrons. The van der Waals surface area contributed by atoms with Crippen LogP contribution in [0.25, 0.3) is 0 Å². The van der Waals surface area contributed by atoms with Crippen molar-refractivity contribution in [1.29, 1.82) is 0 Å². The molecule has 2 N–H and O–H groups in total. The minimum absolute atomic E-state index is 0.260. The fraction of sp³-hybridized carbons (Fsp3) is 0.250. The molecule has 4 heteroatoms. The van der Waals surface area contributed by atoms with E-state index in [9.17, 15) is 0 Å². The Morgan fingerprint density at radius 2 is 1.83 bits per heavy atom. The second-order valence-corrected chi connectivity index (χ2v) is 4.86. The molecule has 68 valence electrons. The molecule has 0 atom stereocenters. The van der Waals surface area contributed by atoms with Crippen LogP contribution in [0.2, 0.25) is 0 Å². The molecular formula is C8H13O3P. The summed E-state index contributed by atoms with van der Waals surface area (Å²) in [4.78, 5) is 17.9. The van der Waals surface area contributed by atoms with Crippen LogP contribution in [0, 0.1) is 0 Å². The molecule has 0 aliphatic carbocycles. The zero-order valence-electron chi connectivity index (χ0n) is 6.90. The third kappa shape index (κ3) is 3.79. The Bertz CT molecular complexity index is 230. The summed E-state index contributed by atoms with van der Waals surface area (Å²) in [5.41, 5.74) is 0.944. The van der Waals surface area contributed by atoms with Gasteiger partial charge in [-0.05, 0) is 0 Å². The molecule has 0 aliphatic rings. The fourth-order valence-electron chi connectivity index (χ4n) is 0.794. The summed E-state index contributed by atoms with van der Waals surface area (Å²) in [7, 11) is -3.34. The molecule has 0 saturated carbocycles. The number of hydrogen-bond acceptors (Lipinski definition) is 3. The average Bonchev–Trinajstić information content (AvgIpc) is 2.02. The molecule has 0 heterocycles. The summed E-state index contributed by atoms with van der Waals surface area (Å²) in [6.45, 7) is 1.58. The van der Waals surface area contributed by atoms with E-state index < -0.39 is 7.94 Å². The summed E-state index contributed by atoms with van der Waals surface area (Å²) < 4.78 is 4.87. The summed E-state index contributed by atoms with van der Waals surface area (Å²) >= 11 is 0. The molecule has 0 unspecified atom stereocenters. The first kappa shape index (κ1) is 9.62. The Morgan fingerprint density at radius 3 is 2.33 bits per heavy atom. The van der Waals surface area contributed by atoms with Gasteiger partial charge in [-0.15, -0.1) is 0 Å². The maximum absolute atomic E-state index is 8.95. The first-order valence-electron chi connectivity index (χ1n) is 3.70. The van der Waals surface area contributed by atoms with Crippen molar-refractivity contribution in [3.8, 4) is 0 Å². The van der Waals surface area contributed by atoms with Gasteiger partial charge in [-0.1, -0.05) is 0 Å². The molecule has 0 bridgehead atoms. The van der Waals surface area contributed by atoms with Gasteiger partial charge in [0.25, 0.3) is 0 Å². The molecule has 0 aromatic heterocycles. The number of benzene rings is 1.